The van der Waals surface area contributed by atoms with E-state index in [1.54, 1.807) is 18.0 Å². The lowest BCUT2D eigenvalue weighted by atomic mass is 10.2. The van der Waals surface area contributed by atoms with Crippen LogP contribution in [-0.4, -0.2) is 38.9 Å². The molecular weight excluding hydrogens is 474 g/mol. The van der Waals surface area contributed by atoms with Gasteiger partial charge in [0, 0.05) is 21.2 Å². The van der Waals surface area contributed by atoms with Gasteiger partial charge < -0.3 is 0 Å². The molecule has 0 aliphatic rings. The number of aromatic nitrogens is 3. The first-order chi connectivity index (χ1) is 16.1. The number of halogens is 1. The first-order valence-corrected chi connectivity index (χ1v) is 12.6. The Hall–Kier alpha value is -3.07. The van der Waals surface area contributed by atoms with Crippen molar-refractivity contribution >= 4 is 47.2 Å². The number of carbonyl (C=O) groups is 1. The monoisotopic (exact) mass is 493 g/mol. The van der Waals surface area contributed by atoms with E-state index in [0.29, 0.717) is 16.0 Å². The van der Waals surface area contributed by atoms with Gasteiger partial charge in [-0.15, -0.1) is 22.0 Å². The predicted molar refractivity (Wildman–Crippen MR) is 136 cm³/mol. The quantitative estimate of drug-likeness (QED) is 0.198. The number of hydrazone groups is 1. The van der Waals surface area contributed by atoms with Crippen molar-refractivity contribution in [2.24, 2.45) is 5.10 Å². The van der Waals surface area contributed by atoms with Crippen molar-refractivity contribution in [1.29, 1.82) is 0 Å². The molecule has 9 heteroatoms. The van der Waals surface area contributed by atoms with Crippen molar-refractivity contribution in [3.05, 3.63) is 89.4 Å². The Labute approximate surface area is 205 Å². The van der Waals surface area contributed by atoms with Crippen molar-refractivity contribution in [3.63, 3.8) is 0 Å². The highest BCUT2D eigenvalue weighted by Crippen LogP contribution is 2.28. The van der Waals surface area contributed by atoms with Crippen LogP contribution in [0.1, 0.15) is 5.56 Å². The zero-order valence-electron chi connectivity index (χ0n) is 17.7. The summed E-state index contributed by atoms with van der Waals surface area (Å²) in [6.07, 6.45) is 3.65. The molecule has 0 spiro atoms. The second-order valence-electron chi connectivity index (χ2n) is 6.84. The lowest BCUT2D eigenvalue weighted by Crippen LogP contribution is -2.20. The highest BCUT2D eigenvalue weighted by atomic mass is 35.5. The zero-order chi connectivity index (χ0) is 23.0. The molecular formula is C24H20ClN5OS2. The number of thioether (sulfide) groups is 2. The van der Waals surface area contributed by atoms with E-state index in [-0.39, 0.29) is 11.7 Å². The van der Waals surface area contributed by atoms with Crippen LogP contribution in [0.3, 0.4) is 0 Å². The summed E-state index contributed by atoms with van der Waals surface area (Å²) >= 11 is 9.03. The first kappa shape index (κ1) is 23.1. The third-order valence-corrected chi connectivity index (χ3v) is 6.53. The van der Waals surface area contributed by atoms with Crippen LogP contribution in [0.25, 0.3) is 17.1 Å². The number of amides is 1. The van der Waals surface area contributed by atoms with Gasteiger partial charge in [-0.2, -0.15) is 5.10 Å². The van der Waals surface area contributed by atoms with Gasteiger partial charge in [-0.25, -0.2) is 5.43 Å². The maximum Gasteiger partial charge on any atom is 0.250 e. The minimum Gasteiger partial charge on any atom is -0.272 e. The molecule has 6 nitrogen and oxygen atoms in total. The Bertz CT molecular complexity index is 1240. The highest BCUT2D eigenvalue weighted by molar-refractivity contribution is 7.99. The Balaban J connectivity index is 1.47. The molecule has 1 amide bonds. The van der Waals surface area contributed by atoms with Crippen molar-refractivity contribution in [2.45, 2.75) is 10.1 Å². The minimum atomic E-state index is -0.232. The molecule has 4 rings (SSSR count). The van der Waals surface area contributed by atoms with E-state index in [0.717, 1.165) is 16.8 Å². The fourth-order valence-electron chi connectivity index (χ4n) is 2.99. The van der Waals surface area contributed by atoms with E-state index in [4.69, 9.17) is 11.6 Å². The molecule has 0 radical (unpaired) electrons. The number of hydrogen-bond acceptors (Lipinski definition) is 6. The molecule has 1 N–H and O–H groups in total. The van der Waals surface area contributed by atoms with Crippen molar-refractivity contribution < 1.29 is 4.79 Å². The van der Waals surface area contributed by atoms with Gasteiger partial charge in [0.2, 0.25) is 0 Å². The second kappa shape index (κ2) is 11.2. The molecule has 0 aliphatic heterocycles. The molecule has 1 heterocycles. The topological polar surface area (TPSA) is 72.2 Å². The van der Waals surface area contributed by atoms with Crippen molar-refractivity contribution in [2.75, 3.05) is 12.0 Å². The van der Waals surface area contributed by atoms with Crippen LogP contribution < -0.4 is 5.43 Å². The fraction of sp³-hybridized carbons (Fsp3) is 0.0833. The summed E-state index contributed by atoms with van der Waals surface area (Å²) in [5.41, 5.74) is 5.26. The lowest BCUT2D eigenvalue weighted by Gasteiger charge is -2.10. The number of nitrogens with one attached hydrogen (secondary N) is 1. The summed E-state index contributed by atoms with van der Waals surface area (Å²) in [5, 5.41) is 14.0. The van der Waals surface area contributed by atoms with Gasteiger partial charge in [0.25, 0.3) is 5.91 Å². The lowest BCUT2D eigenvalue weighted by molar-refractivity contribution is -0.118. The van der Waals surface area contributed by atoms with E-state index < -0.39 is 0 Å². The van der Waals surface area contributed by atoms with Crippen LogP contribution in [0.15, 0.2) is 94.0 Å². The molecule has 0 atom stereocenters. The fourth-order valence-corrected chi connectivity index (χ4v) is 4.27. The highest BCUT2D eigenvalue weighted by Gasteiger charge is 2.17. The van der Waals surface area contributed by atoms with Crippen molar-refractivity contribution in [1.82, 2.24) is 20.2 Å². The molecule has 0 aliphatic carbocycles. The summed E-state index contributed by atoms with van der Waals surface area (Å²) in [4.78, 5) is 13.5. The van der Waals surface area contributed by atoms with Gasteiger partial charge in [0.15, 0.2) is 11.0 Å². The van der Waals surface area contributed by atoms with E-state index >= 15 is 0 Å². The number of benzene rings is 3. The van der Waals surface area contributed by atoms with Crippen LogP contribution in [0.4, 0.5) is 0 Å². The number of carbonyl (C=O) groups excluding carboxylic acids is 1. The SMILES string of the molecule is CSc1ccc(/C=N/NC(=O)CSc2nnc(-c3ccccc3)n2-c2ccc(Cl)cc2)cc1. The molecule has 166 valence electrons. The average Bonchev–Trinajstić information content (AvgIpc) is 3.28. The number of hydrogen-bond donors (Lipinski definition) is 1. The van der Waals surface area contributed by atoms with Crippen LogP contribution in [-0.2, 0) is 4.79 Å². The normalized spacial score (nSPS) is 11.1. The summed E-state index contributed by atoms with van der Waals surface area (Å²) in [5.74, 6) is 0.597. The van der Waals surface area contributed by atoms with Crippen LogP contribution in [0.2, 0.25) is 5.02 Å². The van der Waals surface area contributed by atoms with E-state index in [1.165, 1.54) is 16.7 Å². The molecule has 3 aromatic carbocycles. The largest absolute Gasteiger partial charge is 0.272 e. The second-order valence-corrected chi connectivity index (χ2v) is 9.10. The minimum absolute atomic E-state index is 0.142. The molecule has 0 saturated carbocycles. The van der Waals surface area contributed by atoms with Crippen LogP contribution >= 0.6 is 35.1 Å². The average molecular weight is 494 g/mol. The molecule has 0 saturated heterocycles. The van der Waals surface area contributed by atoms with Gasteiger partial charge in [-0.05, 0) is 48.2 Å². The Morgan fingerprint density at radius 2 is 1.76 bits per heavy atom. The first-order valence-electron chi connectivity index (χ1n) is 9.99. The summed E-state index contributed by atoms with van der Waals surface area (Å²) < 4.78 is 1.92. The van der Waals surface area contributed by atoms with E-state index in [1.807, 2.05) is 89.7 Å². The van der Waals surface area contributed by atoms with E-state index in [2.05, 4.69) is 20.7 Å². The van der Waals surface area contributed by atoms with Gasteiger partial charge in [0.05, 0.1) is 12.0 Å². The molecule has 33 heavy (non-hydrogen) atoms. The summed E-state index contributed by atoms with van der Waals surface area (Å²) in [6.45, 7) is 0. The summed E-state index contributed by atoms with van der Waals surface area (Å²) in [7, 11) is 0. The maximum atomic E-state index is 12.4. The predicted octanol–water partition coefficient (Wildman–Crippen LogP) is 5.55. The third-order valence-electron chi connectivity index (χ3n) is 4.60. The number of nitrogens with zero attached hydrogens (tertiary/aromatic N) is 4. The smallest absolute Gasteiger partial charge is 0.250 e. The Morgan fingerprint density at radius 1 is 1.03 bits per heavy atom. The number of rotatable bonds is 8. The van der Waals surface area contributed by atoms with Gasteiger partial charge >= 0.3 is 0 Å². The Morgan fingerprint density at radius 3 is 2.45 bits per heavy atom. The molecule has 0 bridgehead atoms. The van der Waals surface area contributed by atoms with Crippen molar-refractivity contribution in [3.8, 4) is 17.1 Å². The maximum absolute atomic E-state index is 12.4. The van der Waals surface area contributed by atoms with Gasteiger partial charge in [-0.1, -0.05) is 65.8 Å². The van der Waals surface area contributed by atoms with Gasteiger partial charge in [0.1, 0.15) is 0 Å². The van der Waals surface area contributed by atoms with Gasteiger partial charge in [-0.3, -0.25) is 9.36 Å². The molecule has 0 fully saturated rings. The molecule has 4 aromatic rings. The molecule has 1 aromatic heterocycles. The standard InChI is InChI=1S/C24H20ClN5OS2/c1-32-21-13-7-17(8-14-21)15-26-27-22(31)16-33-24-29-28-23(18-5-3-2-4-6-18)30(24)20-11-9-19(25)10-12-20/h2-15H,16H2,1H3,(H,27,31)/b26-15+. The zero-order valence-corrected chi connectivity index (χ0v) is 20.1. The molecule has 0 unspecified atom stereocenters. The Kier molecular flexibility index (Phi) is 7.83. The third kappa shape index (κ3) is 6.04. The van der Waals surface area contributed by atoms with Crippen LogP contribution in [0.5, 0.6) is 0 Å². The summed E-state index contributed by atoms with van der Waals surface area (Å²) in [6, 6.07) is 25.1. The van der Waals surface area contributed by atoms with Crippen LogP contribution in [0, 0.1) is 0 Å². The van der Waals surface area contributed by atoms with E-state index in [9.17, 15) is 4.79 Å².